The van der Waals surface area contributed by atoms with Crippen LogP contribution in [-0.2, 0) is 28.4 Å². The Labute approximate surface area is 312 Å². The third-order valence-corrected chi connectivity index (χ3v) is 16.2. The van der Waals surface area contributed by atoms with Crippen molar-refractivity contribution in [3.05, 3.63) is 0 Å². The highest BCUT2D eigenvalue weighted by Crippen LogP contribution is 2.71. The number of aliphatic hydroxyl groups excluding tert-OH is 8. The lowest BCUT2D eigenvalue weighted by Gasteiger charge is -2.63. The summed E-state index contributed by atoms with van der Waals surface area (Å²) in [6.45, 7) is 9.00. The molecule has 0 radical (unpaired) electrons. The van der Waals surface area contributed by atoms with Gasteiger partial charge in [-0.05, 0) is 97.7 Å². The molecular weight excluding hydrogens is 692 g/mol. The molecule has 4 saturated heterocycles. The fraction of sp³-hybridized carbons (Fsp3) is 1.00. The number of fused-ring (bicyclic) bond motifs is 7. The average molecular weight is 757 g/mol. The molecule has 0 aromatic carbocycles. The van der Waals surface area contributed by atoms with Crippen molar-refractivity contribution in [2.75, 3.05) is 19.8 Å². The number of hydrogen-bond donors (Lipinski definition) is 8. The third kappa shape index (κ3) is 6.20. The van der Waals surface area contributed by atoms with Gasteiger partial charge in [0.25, 0.3) is 0 Å². The van der Waals surface area contributed by atoms with Gasteiger partial charge in [0.15, 0.2) is 18.4 Å². The van der Waals surface area contributed by atoms with E-state index in [4.69, 9.17) is 28.4 Å². The molecule has 0 aromatic heterocycles. The smallest absolute Gasteiger partial charge is 0.186 e. The van der Waals surface area contributed by atoms with E-state index in [1.54, 1.807) is 0 Å². The number of rotatable bonds is 6. The fourth-order valence-electron chi connectivity index (χ4n) is 13.2. The first-order valence-electron chi connectivity index (χ1n) is 20.4. The van der Waals surface area contributed by atoms with Crippen LogP contribution in [0.5, 0.6) is 0 Å². The molecule has 23 atom stereocenters. The summed E-state index contributed by atoms with van der Waals surface area (Å²) < 4.78 is 38.3. The lowest BCUT2D eigenvalue weighted by Crippen LogP contribution is -2.63. The van der Waals surface area contributed by atoms with Gasteiger partial charge in [0.2, 0.25) is 0 Å². The first-order chi connectivity index (χ1) is 25.2. The first-order valence-corrected chi connectivity index (χ1v) is 20.4. The van der Waals surface area contributed by atoms with Gasteiger partial charge in [-0.25, -0.2) is 0 Å². The summed E-state index contributed by atoms with van der Waals surface area (Å²) in [6, 6.07) is 0. The molecule has 14 nitrogen and oxygen atoms in total. The molecule has 4 aliphatic heterocycles. The summed E-state index contributed by atoms with van der Waals surface area (Å²) in [5.74, 6) is 1.62. The Morgan fingerprint density at radius 3 is 1.87 bits per heavy atom. The van der Waals surface area contributed by atoms with Crippen molar-refractivity contribution in [1.82, 2.24) is 0 Å². The van der Waals surface area contributed by atoms with Crippen molar-refractivity contribution < 1.29 is 69.3 Å². The minimum Gasteiger partial charge on any atom is -0.394 e. The van der Waals surface area contributed by atoms with E-state index in [-0.39, 0.29) is 34.7 Å². The normalized spacial score (nSPS) is 59.5. The molecular formula is C39H64O14. The molecule has 0 aromatic rings. The Balaban J connectivity index is 1.06. The highest BCUT2D eigenvalue weighted by atomic mass is 16.7. The summed E-state index contributed by atoms with van der Waals surface area (Å²) in [6.07, 6.45) is -6.84. The maximum atomic E-state index is 11.1. The molecule has 0 amide bonds. The van der Waals surface area contributed by atoms with Gasteiger partial charge in [-0.2, -0.15) is 0 Å². The van der Waals surface area contributed by atoms with Gasteiger partial charge in [0.05, 0.1) is 38.1 Å². The van der Waals surface area contributed by atoms with Crippen molar-refractivity contribution in [1.29, 1.82) is 0 Å². The Morgan fingerprint density at radius 2 is 1.26 bits per heavy atom. The molecule has 4 saturated carbocycles. The maximum Gasteiger partial charge on any atom is 0.186 e. The van der Waals surface area contributed by atoms with Gasteiger partial charge in [-0.3, -0.25) is 0 Å². The predicted molar refractivity (Wildman–Crippen MR) is 184 cm³/mol. The van der Waals surface area contributed by atoms with Crippen molar-refractivity contribution in [2.45, 2.75) is 171 Å². The number of aliphatic hydroxyl groups is 8. The average Bonchev–Trinajstić information content (AvgIpc) is 3.59. The van der Waals surface area contributed by atoms with Crippen LogP contribution in [0.2, 0.25) is 0 Å². The second kappa shape index (κ2) is 14.4. The lowest BCUT2D eigenvalue weighted by molar-refractivity contribution is -0.335. The number of hydrogen-bond acceptors (Lipinski definition) is 14. The lowest BCUT2D eigenvalue weighted by atomic mass is 9.43. The molecule has 14 heteroatoms. The largest absolute Gasteiger partial charge is 0.394 e. The SMILES string of the molecule is C[C@H]1CC[C@@]2(OC1)O[C@H]1C[C@H]3[C@@H]4C[C@H](O[C@@H]5O[C@H](CO)[C@@H](O)[C@H](O)[C@H]5O)[C@H]5C[C@@H](O[C@@H]6O[C@H](CO)[C@@H](O)[C@H](O)[C@H]6O)CC[C@]5(C)[C@H]4CC[C@]3(C)[C@H]1[C@@H]2C. The van der Waals surface area contributed by atoms with Gasteiger partial charge in [0.1, 0.15) is 48.8 Å². The van der Waals surface area contributed by atoms with Crippen LogP contribution in [0, 0.1) is 52.3 Å². The first kappa shape index (κ1) is 39.3. The van der Waals surface area contributed by atoms with E-state index in [0.29, 0.717) is 42.9 Å². The monoisotopic (exact) mass is 756 g/mol. The van der Waals surface area contributed by atoms with Crippen molar-refractivity contribution >= 4 is 0 Å². The van der Waals surface area contributed by atoms with Crippen molar-refractivity contribution in [3.63, 3.8) is 0 Å². The molecule has 8 rings (SSSR count). The van der Waals surface area contributed by atoms with Crippen LogP contribution < -0.4 is 0 Å². The summed E-state index contributed by atoms with van der Waals surface area (Å²) in [5.41, 5.74) is -0.159. The van der Waals surface area contributed by atoms with Crippen LogP contribution in [0.25, 0.3) is 0 Å². The Morgan fingerprint density at radius 1 is 0.642 bits per heavy atom. The van der Waals surface area contributed by atoms with Crippen molar-refractivity contribution in [2.24, 2.45) is 52.3 Å². The summed E-state index contributed by atoms with van der Waals surface area (Å²) in [7, 11) is 0. The standard InChI is InChI=1S/C39H64O14/c1-17-5-10-39(48-16-17)18(2)28-25(53-39)13-22-20-12-24(50-36-34(47)32(45)30(43)27(15-41)52-36)23-11-19(6-8-37(23,3)21(20)7-9-38(22,28)4)49-35-33(46)31(44)29(42)26(14-40)51-35/h17-36,40-47H,5-16H2,1-4H3/t17-,18-,19-,20+,21-,22-,23+,24-,25-,26+,27+,28-,29+,30+,31-,32-,33+,34+,35+,36+,37+,38-,39+/m0/s1. The topological polar surface area (TPSA) is 217 Å². The van der Waals surface area contributed by atoms with E-state index in [0.717, 1.165) is 45.1 Å². The Bertz CT molecular complexity index is 1290. The van der Waals surface area contributed by atoms with E-state index in [9.17, 15) is 40.9 Å². The van der Waals surface area contributed by atoms with Crippen LogP contribution in [0.4, 0.5) is 0 Å². The van der Waals surface area contributed by atoms with E-state index >= 15 is 0 Å². The molecule has 304 valence electrons. The van der Waals surface area contributed by atoms with E-state index in [1.807, 2.05) is 0 Å². The van der Waals surface area contributed by atoms with E-state index in [2.05, 4.69) is 27.7 Å². The molecule has 4 heterocycles. The van der Waals surface area contributed by atoms with E-state index in [1.165, 1.54) is 0 Å². The van der Waals surface area contributed by atoms with Gasteiger partial charge < -0.3 is 69.3 Å². The summed E-state index contributed by atoms with van der Waals surface area (Å²) >= 11 is 0. The molecule has 1 spiro atoms. The molecule has 8 fully saturated rings. The van der Waals surface area contributed by atoms with Crippen LogP contribution >= 0.6 is 0 Å². The third-order valence-electron chi connectivity index (χ3n) is 16.2. The Hall–Kier alpha value is -0.560. The van der Waals surface area contributed by atoms with Gasteiger partial charge in [-0.15, -0.1) is 0 Å². The van der Waals surface area contributed by atoms with Crippen LogP contribution in [0.15, 0.2) is 0 Å². The van der Waals surface area contributed by atoms with Crippen molar-refractivity contribution in [3.8, 4) is 0 Å². The fourth-order valence-corrected chi connectivity index (χ4v) is 13.2. The molecule has 0 bridgehead atoms. The summed E-state index contributed by atoms with van der Waals surface area (Å²) in [5, 5.41) is 83.5. The van der Waals surface area contributed by atoms with E-state index < -0.39 is 92.6 Å². The van der Waals surface area contributed by atoms with Crippen LogP contribution in [-0.4, -0.2) is 146 Å². The van der Waals surface area contributed by atoms with Crippen LogP contribution in [0.3, 0.4) is 0 Å². The quantitative estimate of drug-likeness (QED) is 0.173. The zero-order chi connectivity index (χ0) is 37.8. The second-order valence-corrected chi connectivity index (χ2v) is 18.8. The second-order valence-electron chi connectivity index (χ2n) is 18.8. The molecule has 8 N–H and O–H groups in total. The highest BCUT2D eigenvalue weighted by molar-refractivity contribution is 5.16. The molecule has 4 aliphatic carbocycles. The van der Waals surface area contributed by atoms with Gasteiger partial charge >= 0.3 is 0 Å². The Kier molecular flexibility index (Phi) is 10.6. The zero-order valence-electron chi connectivity index (χ0n) is 31.6. The minimum atomic E-state index is -1.56. The molecule has 0 unspecified atom stereocenters. The zero-order valence-corrected chi connectivity index (χ0v) is 31.6. The summed E-state index contributed by atoms with van der Waals surface area (Å²) in [4.78, 5) is 0. The highest BCUT2D eigenvalue weighted by Gasteiger charge is 2.70. The molecule has 8 aliphatic rings. The predicted octanol–water partition coefficient (Wildman–Crippen LogP) is 0.413. The van der Waals surface area contributed by atoms with Crippen LogP contribution in [0.1, 0.15) is 85.5 Å². The minimum absolute atomic E-state index is 0.0431. The number of ether oxygens (including phenoxy) is 6. The maximum absolute atomic E-state index is 11.1. The van der Waals surface area contributed by atoms with Gasteiger partial charge in [0, 0.05) is 12.3 Å². The van der Waals surface area contributed by atoms with Gasteiger partial charge in [-0.1, -0.05) is 27.7 Å². The molecule has 53 heavy (non-hydrogen) atoms.